The maximum atomic E-state index is 4.54. The predicted octanol–water partition coefficient (Wildman–Crippen LogP) is 5.58. The van der Waals surface area contributed by atoms with Gasteiger partial charge in [-0.1, -0.05) is 62.9 Å². The van der Waals surface area contributed by atoms with Crippen LogP contribution in [-0.2, 0) is 0 Å². The lowest BCUT2D eigenvalue weighted by atomic mass is 10.0. The van der Waals surface area contributed by atoms with Crippen molar-refractivity contribution in [3.63, 3.8) is 0 Å². The average molecular weight is 350 g/mol. The van der Waals surface area contributed by atoms with Gasteiger partial charge < -0.3 is 4.90 Å². The Morgan fingerprint density at radius 3 is 2.50 bits per heavy atom. The number of hydrogen-bond donors (Lipinski definition) is 0. The summed E-state index contributed by atoms with van der Waals surface area (Å²) < 4.78 is 0. The summed E-state index contributed by atoms with van der Waals surface area (Å²) in [6.45, 7) is 12.0. The summed E-state index contributed by atoms with van der Waals surface area (Å²) in [7, 11) is 2.14. The van der Waals surface area contributed by atoms with Crippen LogP contribution in [-0.4, -0.2) is 31.4 Å². The molecule has 2 aromatic carbocycles. The third-order valence-corrected chi connectivity index (χ3v) is 4.64. The smallest absolute Gasteiger partial charge is 0.0584 e. The molecule has 0 aliphatic heterocycles. The van der Waals surface area contributed by atoms with Crippen LogP contribution in [0.1, 0.15) is 25.8 Å². The number of hydrazone groups is 1. The van der Waals surface area contributed by atoms with Crippen molar-refractivity contribution in [2.75, 3.05) is 25.0 Å². The SMILES string of the molecule is C=CN(CCN(C)c1cc(C)ccc1-c1ccccc1)/N=C\[C@H](C)CC. The minimum Gasteiger partial charge on any atom is -0.372 e. The lowest BCUT2D eigenvalue weighted by Gasteiger charge is -2.25. The molecular weight excluding hydrogens is 318 g/mol. The van der Waals surface area contributed by atoms with Gasteiger partial charge in [-0.05, 0) is 36.5 Å². The van der Waals surface area contributed by atoms with E-state index >= 15 is 0 Å². The van der Waals surface area contributed by atoms with Gasteiger partial charge in [0.05, 0.1) is 6.54 Å². The number of nitrogens with zero attached hydrogens (tertiary/aromatic N) is 3. The molecule has 2 rings (SSSR count). The molecule has 0 aliphatic rings. The normalized spacial score (nSPS) is 12.2. The highest BCUT2D eigenvalue weighted by atomic mass is 15.4. The number of rotatable bonds is 9. The summed E-state index contributed by atoms with van der Waals surface area (Å²) in [5.41, 5.74) is 5.00. The summed E-state index contributed by atoms with van der Waals surface area (Å²) >= 11 is 0. The van der Waals surface area contributed by atoms with Crippen LogP contribution < -0.4 is 4.90 Å². The molecule has 0 bridgehead atoms. The van der Waals surface area contributed by atoms with Crippen molar-refractivity contribution in [1.82, 2.24) is 5.01 Å². The fraction of sp³-hybridized carbons (Fsp3) is 0.348. The minimum absolute atomic E-state index is 0.483. The van der Waals surface area contributed by atoms with Crippen LogP contribution in [0.5, 0.6) is 0 Å². The fourth-order valence-corrected chi connectivity index (χ4v) is 2.69. The highest BCUT2D eigenvalue weighted by Crippen LogP contribution is 2.31. The van der Waals surface area contributed by atoms with Gasteiger partial charge >= 0.3 is 0 Å². The van der Waals surface area contributed by atoms with Crippen molar-refractivity contribution in [2.24, 2.45) is 11.0 Å². The van der Waals surface area contributed by atoms with Gasteiger partial charge in [0, 0.05) is 37.3 Å². The predicted molar refractivity (Wildman–Crippen MR) is 115 cm³/mol. The Balaban J connectivity index is 2.14. The molecule has 0 spiro atoms. The van der Waals surface area contributed by atoms with Crippen molar-refractivity contribution in [1.29, 1.82) is 0 Å². The van der Waals surface area contributed by atoms with E-state index in [0.717, 1.165) is 19.5 Å². The Hall–Kier alpha value is -2.55. The summed E-state index contributed by atoms with van der Waals surface area (Å²) in [4.78, 5) is 2.30. The zero-order valence-electron chi connectivity index (χ0n) is 16.5. The Morgan fingerprint density at radius 1 is 1.12 bits per heavy atom. The van der Waals surface area contributed by atoms with Crippen molar-refractivity contribution in [3.8, 4) is 11.1 Å². The molecule has 0 aliphatic carbocycles. The van der Waals surface area contributed by atoms with Gasteiger partial charge in [0.25, 0.3) is 0 Å². The number of hydrogen-bond acceptors (Lipinski definition) is 3. The number of aryl methyl sites for hydroxylation is 1. The fourth-order valence-electron chi connectivity index (χ4n) is 2.69. The second-order valence-electron chi connectivity index (χ2n) is 6.80. The molecule has 1 atom stereocenters. The summed E-state index contributed by atoms with van der Waals surface area (Å²) in [5.74, 6) is 0.483. The first-order valence-electron chi connectivity index (χ1n) is 9.35. The molecule has 0 radical (unpaired) electrons. The first-order valence-corrected chi connectivity index (χ1v) is 9.35. The molecule has 0 heterocycles. The Bertz CT molecular complexity index is 721. The van der Waals surface area contributed by atoms with E-state index in [2.05, 4.69) is 92.9 Å². The third-order valence-electron chi connectivity index (χ3n) is 4.64. The van der Waals surface area contributed by atoms with Crippen molar-refractivity contribution < 1.29 is 0 Å². The molecule has 3 heteroatoms. The molecule has 0 N–H and O–H groups in total. The lowest BCUT2D eigenvalue weighted by molar-refractivity contribution is 0.406. The molecule has 0 fully saturated rings. The van der Waals surface area contributed by atoms with Crippen LogP contribution in [0.15, 0.2) is 66.4 Å². The van der Waals surface area contributed by atoms with Crippen LogP contribution in [0.4, 0.5) is 5.69 Å². The number of anilines is 1. The highest BCUT2D eigenvalue weighted by molar-refractivity contribution is 5.79. The molecule has 3 nitrogen and oxygen atoms in total. The molecule has 0 saturated heterocycles. The summed E-state index contributed by atoms with van der Waals surface area (Å²) in [5, 5.41) is 6.46. The molecule has 26 heavy (non-hydrogen) atoms. The maximum Gasteiger partial charge on any atom is 0.0584 e. The number of likely N-dealkylation sites (N-methyl/N-ethyl adjacent to an activating group) is 1. The highest BCUT2D eigenvalue weighted by Gasteiger charge is 2.10. The molecule has 0 aromatic heterocycles. The quantitative estimate of drug-likeness (QED) is 0.435. The van der Waals surface area contributed by atoms with Crippen LogP contribution in [0.25, 0.3) is 11.1 Å². The van der Waals surface area contributed by atoms with Crippen molar-refractivity contribution >= 4 is 11.9 Å². The van der Waals surface area contributed by atoms with E-state index in [1.54, 1.807) is 6.20 Å². The molecule has 138 valence electrons. The Labute approximate surface area is 158 Å². The van der Waals surface area contributed by atoms with Crippen LogP contribution in [0, 0.1) is 12.8 Å². The topological polar surface area (TPSA) is 18.8 Å². The van der Waals surface area contributed by atoms with Crippen molar-refractivity contribution in [3.05, 3.63) is 66.9 Å². The zero-order chi connectivity index (χ0) is 18.9. The van der Waals surface area contributed by atoms with Gasteiger partial charge in [-0.15, -0.1) is 0 Å². The molecule has 0 amide bonds. The second kappa shape index (κ2) is 9.81. The van der Waals surface area contributed by atoms with Crippen molar-refractivity contribution in [2.45, 2.75) is 27.2 Å². The van der Waals surface area contributed by atoms with E-state index in [-0.39, 0.29) is 0 Å². The van der Waals surface area contributed by atoms with Gasteiger partial charge in [0.15, 0.2) is 0 Å². The third kappa shape index (κ3) is 5.48. The summed E-state index contributed by atoms with van der Waals surface area (Å²) in [6, 6.07) is 17.2. The van der Waals surface area contributed by atoms with E-state index in [9.17, 15) is 0 Å². The summed E-state index contributed by atoms with van der Waals surface area (Å²) in [6.07, 6.45) is 4.89. The maximum absolute atomic E-state index is 4.54. The first-order chi connectivity index (χ1) is 12.5. The first kappa shape index (κ1) is 19.8. The zero-order valence-corrected chi connectivity index (χ0v) is 16.5. The van der Waals surface area contributed by atoms with Gasteiger partial charge in [0.2, 0.25) is 0 Å². The molecule has 2 aromatic rings. The van der Waals surface area contributed by atoms with Gasteiger partial charge in [-0.2, -0.15) is 5.10 Å². The van der Waals surface area contributed by atoms with E-state index in [0.29, 0.717) is 5.92 Å². The van der Waals surface area contributed by atoms with Gasteiger partial charge in [-0.25, -0.2) is 0 Å². The monoisotopic (exact) mass is 349 g/mol. The largest absolute Gasteiger partial charge is 0.372 e. The average Bonchev–Trinajstić information content (AvgIpc) is 2.68. The minimum atomic E-state index is 0.483. The number of benzene rings is 2. The van der Waals surface area contributed by atoms with E-state index in [1.807, 2.05) is 11.2 Å². The van der Waals surface area contributed by atoms with E-state index < -0.39 is 0 Å². The van der Waals surface area contributed by atoms with Crippen LogP contribution in [0.2, 0.25) is 0 Å². The Morgan fingerprint density at radius 2 is 1.85 bits per heavy atom. The van der Waals surface area contributed by atoms with E-state index in [4.69, 9.17) is 0 Å². The molecule has 0 unspecified atom stereocenters. The van der Waals surface area contributed by atoms with Gasteiger partial charge in [-0.3, -0.25) is 5.01 Å². The van der Waals surface area contributed by atoms with Gasteiger partial charge in [0.1, 0.15) is 0 Å². The standard InChI is InChI=1S/C23H31N3/c1-6-19(3)18-24-26(7-2)16-15-25(5)23-17-20(4)13-14-22(23)21-11-9-8-10-12-21/h7-14,17-19H,2,6,15-16H2,1,3-5H3/b24-18-/t19-/m1/s1. The second-order valence-corrected chi connectivity index (χ2v) is 6.80. The molecule has 0 saturated carbocycles. The van der Waals surface area contributed by atoms with Crippen LogP contribution in [0.3, 0.4) is 0 Å². The lowest BCUT2D eigenvalue weighted by Crippen LogP contribution is -2.28. The Kier molecular flexibility index (Phi) is 7.46. The van der Waals surface area contributed by atoms with E-state index in [1.165, 1.54) is 22.4 Å². The van der Waals surface area contributed by atoms with Crippen LogP contribution >= 0.6 is 0 Å². The molecular formula is C23H31N3.